The van der Waals surface area contributed by atoms with Crippen LogP contribution in [0.1, 0.15) is 37.7 Å². The Kier molecular flexibility index (Phi) is 7.34. The summed E-state index contributed by atoms with van der Waals surface area (Å²) in [7, 11) is 1.84. The molecule has 0 aliphatic rings. The molecular formula is C16H23F2N. The average molecular weight is 267 g/mol. The maximum atomic E-state index is 13.6. The Bertz CT molecular complexity index is 370. The zero-order valence-corrected chi connectivity index (χ0v) is 11.6. The molecule has 1 nitrogen and oxygen atoms in total. The number of likely N-dealkylation sites (N-methyl/N-ethyl adjacent to an activating group) is 1. The second-order valence-corrected chi connectivity index (χ2v) is 4.82. The Hall–Kier alpha value is -1.22. The van der Waals surface area contributed by atoms with Crippen LogP contribution in [0.4, 0.5) is 8.78 Å². The predicted octanol–water partition coefficient (Wildman–Crippen LogP) is 4.23. The Morgan fingerprint density at radius 3 is 2.47 bits per heavy atom. The van der Waals surface area contributed by atoms with Crippen LogP contribution < -0.4 is 5.32 Å². The highest BCUT2D eigenvalue weighted by Gasteiger charge is 2.14. The maximum Gasteiger partial charge on any atom is 0.129 e. The lowest BCUT2D eigenvalue weighted by molar-refractivity contribution is 0.463. The number of hydrogen-bond donors (Lipinski definition) is 1. The van der Waals surface area contributed by atoms with Gasteiger partial charge in [-0.15, -0.1) is 6.58 Å². The van der Waals surface area contributed by atoms with E-state index in [4.69, 9.17) is 0 Å². The molecule has 1 rings (SSSR count). The van der Waals surface area contributed by atoms with Crippen molar-refractivity contribution in [3.05, 3.63) is 48.1 Å². The van der Waals surface area contributed by atoms with Gasteiger partial charge in [0.1, 0.15) is 11.6 Å². The first-order chi connectivity index (χ1) is 9.19. The minimum Gasteiger partial charge on any atom is -0.317 e. The summed E-state index contributed by atoms with van der Waals surface area (Å²) < 4.78 is 27.1. The number of benzene rings is 1. The van der Waals surface area contributed by atoms with Crippen LogP contribution in [0.2, 0.25) is 0 Å². The second kappa shape index (κ2) is 8.81. The van der Waals surface area contributed by atoms with Gasteiger partial charge in [-0.3, -0.25) is 0 Å². The smallest absolute Gasteiger partial charge is 0.129 e. The van der Waals surface area contributed by atoms with Gasteiger partial charge in [0.25, 0.3) is 0 Å². The summed E-state index contributed by atoms with van der Waals surface area (Å²) in [5.41, 5.74) is 0.188. The Morgan fingerprint density at radius 2 is 1.89 bits per heavy atom. The van der Waals surface area contributed by atoms with Gasteiger partial charge in [-0.1, -0.05) is 25.0 Å². The van der Waals surface area contributed by atoms with E-state index >= 15 is 0 Å². The van der Waals surface area contributed by atoms with Crippen LogP contribution in [-0.4, -0.2) is 13.1 Å². The average Bonchev–Trinajstić information content (AvgIpc) is 2.40. The van der Waals surface area contributed by atoms with Gasteiger partial charge < -0.3 is 5.32 Å². The molecule has 1 atom stereocenters. The van der Waals surface area contributed by atoms with E-state index in [1.54, 1.807) is 0 Å². The van der Waals surface area contributed by atoms with E-state index in [1.807, 2.05) is 13.1 Å². The highest BCUT2D eigenvalue weighted by atomic mass is 19.1. The van der Waals surface area contributed by atoms with E-state index in [2.05, 4.69) is 11.9 Å². The normalized spacial score (nSPS) is 12.4. The first kappa shape index (κ1) is 15.8. The summed E-state index contributed by atoms with van der Waals surface area (Å²) >= 11 is 0. The van der Waals surface area contributed by atoms with Crippen molar-refractivity contribution < 1.29 is 8.78 Å². The SMILES string of the molecule is C=CCCCCCC(Cc1c(F)cccc1F)NC. The number of halogens is 2. The van der Waals surface area contributed by atoms with E-state index in [9.17, 15) is 8.78 Å². The summed E-state index contributed by atoms with van der Waals surface area (Å²) in [6.45, 7) is 3.69. The summed E-state index contributed by atoms with van der Waals surface area (Å²) in [5, 5.41) is 3.14. The molecule has 0 radical (unpaired) electrons. The van der Waals surface area contributed by atoms with Crippen molar-refractivity contribution in [1.82, 2.24) is 5.32 Å². The molecule has 106 valence electrons. The van der Waals surface area contributed by atoms with Crippen molar-refractivity contribution in [3.63, 3.8) is 0 Å². The van der Waals surface area contributed by atoms with Gasteiger partial charge in [0, 0.05) is 11.6 Å². The van der Waals surface area contributed by atoms with Crippen LogP contribution in [0.25, 0.3) is 0 Å². The van der Waals surface area contributed by atoms with Crippen molar-refractivity contribution >= 4 is 0 Å². The lowest BCUT2D eigenvalue weighted by Crippen LogP contribution is -2.28. The summed E-state index contributed by atoms with van der Waals surface area (Å²) in [4.78, 5) is 0. The first-order valence-electron chi connectivity index (χ1n) is 6.90. The molecule has 0 aliphatic heterocycles. The molecule has 0 heterocycles. The Labute approximate surface area is 114 Å². The number of nitrogens with one attached hydrogen (secondary N) is 1. The van der Waals surface area contributed by atoms with Gasteiger partial charge in [-0.05, 0) is 44.9 Å². The zero-order valence-electron chi connectivity index (χ0n) is 11.6. The van der Waals surface area contributed by atoms with Gasteiger partial charge in [0.2, 0.25) is 0 Å². The molecule has 1 aromatic carbocycles. The van der Waals surface area contributed by atoms with Crippen molar-refractivity contribution in [2.75, 3.05) is 7.05 Å². The molecule has 0 aromatic heterocycles. The lowest BCUT2D eigenvalue weighted by atomic mass is 9.99. The largest absolute Gasteiger partial charge is 0.317 e. The standard InChI is InChI=1S/C16H23F2N/c1-3-4-5-6-7-9-13(19-2)12-14-15(17)10-8-11-16(14)18/h3,8,10-11,13,19H,1,4-7,9,12H2,2H3. The monoisotopic (exact) mass is 267 g/mol. The van der Waals surface area contributed by atoms with Gasteiger partial charge in [0.15, 0.2) is 0 Å². The van der Waals surface area contributed by atoms with Crippen molar-refractivity contribution in [3.8, 4) is 0 Å². The van der Waals surface area contributed by atoms with Crippen LogP contribution >= 0.6 is 0 Å². The molecule has 1 unspecified atom stereocenters. The highest BCUT2D eigenvalue weighted by Crippen LogP contribution is 2.16. The highest BCUT2D eigenvalue weighted by molar-refractivity contribution is 5.20. The number of allylic oxidation sites excluding steroid dienone is 1. The zero-order chi connectivity index (χ0) is 14.1. The minimum absolute atomic E-state index is 0.120. The van der Waals surface area contributed by atoms with E-state index in [1.165, 1.54) is 18.2 Å². The van der Waals surface area contributed by atoms with E-state index in [0.29, 0.717) is 6.42 Å². The molecule has 0 fully saturated rings. The van der Waals surface area contributed by atoms with Crippen molar-refractivity contribution in [1.29, 1.82) is 0 Å². The van der Waals surface area contributed by atoms with Crippen LogP contribution in [0.3, 0.4) is 0 Å². The Morgan fingerprint density at radius 1 is 1.21 bits per heavy atom. The molecule has 0 amide bonds. The van der Waals surface area contributed by atoms with Crippen LogP contribution in [0, 0.1) is 11.6 Å². The van der Waals surface area contributed by atoms with Gasteiger partial charge in [-0.2, -0.15) is 0 Å². The molecule has 3 heteroatoms. The quantitative estimate of drug-likeness (QED) is 0.521. The third kappa shape index (κ3) is 5.52. The van der Waals surface area contributed by atoms with Gasteiger partial charge in [-0.25, -0.2) is 8.78 Å². The molecule has 0 bridgehead atoms. The number of rotatable bonds is 9. The first-order valence-corrected chi connectivity index (χ1v) is 6.90. The second-order valence-electron chi connectivity index (χ2n) is 4.82. The minimum atomic E-state index is -0.452. The summed E-state index contributed by atoms with van der Waals surface area (Å²) in [6, 6.07) is 4.15. The topological polar surface area (TPSA) is 12.0 Å². The molecule has 0 spiro atoms. The van der Waals surface area contributed by atoms with Crippen LogP contribution in [0.5, 0.6) is 0 Å². The Balaban J connectivity index is 2.45. The molecule has 0 saturated carbocycles. The summed E-state index contributed by atoms with van der Waals surface area (Å²) in [5.74, 6) is -0.904. The fraction of sp³-hybridized carbons (Fsp3) is 0.500. The maximum absolute atomic E-state index is 13.6. The number of hydrogen-bond acceptors (Lipinski definition) is 1. The molecule has 0 saturated heterocycles. The molecule has 0 aliphatic carbocycles. The van der Waals surface area contributed by atoms with Crippen molar-refractivity contribution in [2.45, 2.75) is 44.6 Å². The van der Waals surface area contributed by atoms with E-state index < -0.39 is 11.6 Å². The third-order valence-corrected chi connectivity index (χ3v) is 3.38. The third-order valence-electron chi connectivity index (χ3n) is 3.38. The molecule has 1 N–H and O–H groups in total. The van der Waals surface area contributed by atoms with Crippen LogP contribution in [0.15, 0.2) is 30.9 Å². The molecule has 1 aromatic rings. The van der Waals surface area contributed by atoms with Gasteiger partial charge >= 0.3 is 0 Å². The molecular weight excluding hydrogens is 244 g/mol. The van der Waals surface area contributed by atoms with Gasteiger partial charge in [0.05, 0.1) is 0 Å². The van der Waals surface area contributed by atoms with Crippen LogP contribution in [-0.2, 0) is 6.42 Å². The van der Waals surface area contributed by atoms with E-state index in [0.717, 1.165) is 32.1 Å². The lowest BCUT2D eigenvalue weighted by Gasteiger charge is -2.17. The van der Waals surface area contributed by atoms with E-state index in [-0.39, 0.29) is 11.6 Å². The fourth-order valence-corrected chi connectivity index (χ4v) is 2.18. The predicted molar refractivity (Wildman–Crippen MR) is 76.2 cm³/mol. The van der Waals surface area contributed by atoms with Crippen molar-refractivity contribution in [2.24, 2.45) is 0 Å². The molecule has 19 heavy (non-hydrogen) atoms. The fourth-order valence-electron chi connectivity index (χ4n) is 2.18. The number of unbranched alkanes of at least 4 members (excludes halogenated alkanes) is 3. The summed E-state index contributed by atoms with van der Waals surface area (Å²) in [6.07, 6.45) is 7.61.